The van der Waals surface area contributed by atoms with Crippen LogP contribution in [-0.2, 0) is 11.3 Å². The highest BCUT2D eigenvalue weighted by atomic mass is 32.2. The van der Waals surface area contributed by atoms with Gasteiger partial charge in [-0.15, -0.1) is 0 Å². The predicted octanol–water partition coefficient (Wildman–Crippen LogP) is 4.30. The van der Waals surface area contributed by atoms with Crippen molar-refractivity contribution in [2.24, 2.45) is 0 Å². The molecule has 3 aromatic carbocycles. The zero-order chi connectivity index (χ0) is 24.2. The SMILES string of the molecule is CCOc1ccc(NC(=O)CSc2nc3ccccc3c(=O)n2Cc2ccc3c(c2)OCO3)cc1. The van der Waals surface area contributed by atoms with E-state index in [9.17, 15) is 9.59 Å². The molecule has 1 amide bonds. The zero-order valence-electron chi connectivity index (χ0n) is 19.0. The van der Waals surface area contributed by atoms with Gasteiger partial charge in [-0.2, -0.15) is 0 Å². The standard InChI is InChI=1S/C26H23N3O5S/c1-2-32-19-10-8-18(9-11-19)27-24(30)15-35-26-28-21-6-4-3-5-20(21)25(31)29(26)14-17-7-12-22-23(13-17)34-16-33-22/h3-13H,2,14-16H2,1H3,(H,27,30). The van der Waals surface area contributed by atoms with E-state index < -0.39 is 0 Å². The van der Waals surface area contributed by atoms with Crippen molar-refractivity contribution in [1.29, 1.82) is 0 Å². The van der Waals surface area contributed by atoms with E-state index in [2.05, 4.69) is 10.3 Å². The number of benzene rings is 3. The van der Waals surface area contributed by atoms with Crippen LogP contribution in [0.15, 0.2) is 76.7 Å². The highest BCUT2D eigenvalue weighted by Crippen LogP contribution is 2.33. The number of ether oxygens (including phenoxy) is 3. The van der Waals surface area contributed by atoms with Crippen LogP contribution in [0.4, 0.5) is 5.69 Å². The number of anilines is 1. The molecule has 8 nitrogen and oxygen atoms in total. The molecule has 1 aliphatic rings. The number of amides is 1. The van der Waals surface area contributed by atoms with Gasteiger partial charge in [0.05, 0.1) is 29.8 Å². The van der Waals surface area contributed by atoms with Crippen LogP contribution in [0.2, 0.25) is 0 Å². The number of aromatic nitrogens is 2. The van der Waals surface area contributed by atoms with E-state index in [0.717, 1.165) is 11.3 Å². The molecule has 178 valence electrons. The summed E-state index contributed by atoms with van der Waals surface area (Å²) >= 11 is 1.22. The fraction of sp³-hybridized carbons (Fsp3) is 0.192. The lowest BCUT2D eigenvalue weighted by Gasteiger charge is -2.14. The summed E-state index contributed by atoms with van der Waals surface area (Å²) in [6, 6.07) is 20.0. The maximum absolute atomic E-state index is 13.3. The third-order valence-corrected chi connectivity index (χ3v) is 6.36. The monoisotopic (exact) mass is 489 g/mol. The van der Waals surface area contributed by atoms with Crippen molar-refractivity contribution in [3.05, 3.63) is 82.6 Å². The second-order valence-corrected chi connectivity index (χ2v) is 8.73. The number of carbonyl (C=O) groups is 1. The summed E-state index contributed by atoms with van der Waals surface area (Å²) in [7, 11) is 0. The first kappa shape index (κ1) is 22.8. The maximum atomic E-state index is 13.3. The molecular formula is C26H23N3O5S. The molecule has 0 saturated heterocycles. The molecule has 1 N–H and O–H groups in total. The van der Waals surface area contributed by atoms with Crippen LogP contribution in [0.25, 0.3) is 10.9 Å². The molecule has 4 aromatic rings. The molecule has 1 aliphatic heterocycles. The largest absolute Gasteiger partial charge is 0.494 e. The highest BCUT2D eigenvalue weighted by Gasteiger charge is 2.17. The Morgan fingerprint density at radius 3 is 2.71 bits per heavy atom. The average molecular weight is 490 g/mol. The van der Waals surface area contributed by atoms with Gasteiger partial charge in [0.15, 0.2) is 16.7 Å². The fourth-order valence-electron chi connectivity index (χ4n) is 3.75. The number of hydrogen-bond donors (Lipinski definition) is 1. The first-order chi connectivity index (χ1) is 17.1. The van der Waals surface area contributed by atoms with Crippen LogP contribution >= 0.6 is 11.8 Å². The summed E-state index contributed by atoms with van der Waals surface area (Å²) in [6.45, 7) is 2.96. The number of nitrogens with zero attached hydrogens (tertiary/aromatic N) is 2. The molecule has 0 radical (unpaired) electrons. The third kappa shape index (κ3) is 5.09. The van der Waals surface area contributed by atoms with Crippen LogP contribution in [0.5, 0.6) is 17.2 Å². The number of fused-ring (bicyclic) bond motifs is 2. The Morgan fingerprint density at radius 1 is 1.09 bits per heavy atom. The van der Waals surface area contributed by atoms with Crippen molar-refractivity contribution in [3.8, 4) is 17.2 Å². The topological polar surface area (TPSA) is 91.7 Å². The van der Waals surface area contributed by atoms with Crippen molar-refractivity contribution < 1.29 is 19.0 Å². The van der Waals surface area contributed by atoms with Crippen molar-refractivity contribution in [3.63, 3.8) is 0 Å². The molecule has 0 atom stereocenters. The van der Waals surface area contributed by atoms with Crippen molar-refractivity contribution in [2.75, 3.05) is 24.5 Å². The van der Waals surface area contributed by atoms with E-state index in [1.165, 1.54) is 11.8 Å². The van der Waals surface area contributed by atoms with Gasteiger partial charge in [-0.3, -0.25) is 14.2 Å². The lowest BCUT2D eigenvalue weighted by Crippen LogP contribution is -2.25. The van der Waals surface area contributed by atoms with Gasteiger partial charge in [-0.05, 0) is 61.0 Å². The van der Waals surface area contributed by atoms with E-state index in [1.54, 1.807) is 41.0 Å². The Kier molecular flexibility index (Phi) is 6.58. The predicted molar refractivity (Wildman–Crippen MR) is 135 cm³/mol. The number of hydrogen-bond acceptors (Lipinski definition) is 7. The molecule has 0 saturated carbocycles. The normalized spacial score (nSPS) is 12.0. The van der Waals surface area contributed by atoms with E-state index in [0.29, 0.717) is 39.9 Å². The summed E-state index contributed by atoms with van der Waals surface area (Å²) in [5.74, 6) is 1.97. The zero-order valence-corrected chi connectivity index (χ0v) is 19.8. The molecule has 0 aliphatic carbocycles. The van der Waals surface area contributed by atoms with Crippen LogP contribution in [0, 0.1) is 0 Å². The van der Waals surface area contributed by atoms with Crippen molar-refractivity contribution >= 4 is 34.3 Å². The van der Waals surface area contributed by atoms with Gasteiger partial charge in [0, 0.05) is 5.69 Å². The maximum Gasteiger partial charge on any atom is 0.262 e. The number of thioether (sulfide) groups is 1. The molecular weight excluding hydrogens is 466 g/mol. The van der Waals surface area contributed by atoms with E-state index in [-0.39, 0.29) is 30.6 Å². The number of carbonyl (C=O) groups excluding carboxylic acids is 1. The smallest absolute Gasteiger partial charge is 0.262 e. The minimum atomic E-state index is -0.198. The number of nitrogens with one attached hydrogen (secondary N) is 1. The second kappa shape index (κ2) is 10.1. The molecule has 0 spiro atoms. The molecule has 1 aromatic heterocycles. The number of rotatable bonds is 8. The first-order valence-corrected chi connectivity index (χ1v) is 12.1. The minimum Gasteiger partial charge on any atom is -0.494 e. The van der Waals surface area contributed by atoms with E-state index in [1.807, 2.05) is 37.3 Å². The molecule has 2 heterocycles. The lowest BCUT2D eigenvalue weighted by atomic mass is 10.2. The third-order valence-electron chi connectivity index (χ3n) is 5.39. The summed E-state index contributed by atoms with van der Waals surface area (Å²) < 4.78 is 17.9. The second-order valence-electron chi connectivity index (χ2n) is 7.78. The van der Waals surface area contributed by atoms with E-state index in [4.69, 9.17) is 14.2 Å². The fourth-order valence-corrected chi connectivity index (χ4v) is 4.55. The quantitative estimate of drug-likeness (QED) is 0.291. The van der Waals surface area contributed by atoms with Crippen LogP contribution in [-0.4, -0.2) is 34.6 Å². The summed E-state index contributed by atoms with van der Waals surface area (Å²) in [5.41, 5.74) is 1.97. The van der Waals surface area contributed by atoms with E-state index >= 15 is 0 Å². The summed E-state index contributed by atoms with van der Waals surface area (Å²) in [6.07, 6.45) is 0. The molecule has 0 unspecified atom stereocenters. The average Bonchev–Trinajstić information content (AvgIpc) is 3.34. The molecule has 0 fully saturated rings. The minimum absolute atomic E-state index is 0.0964. The van der Waals surface area contributed by atoms with Gasteiger partial charge in [0.2, 0.25) is 12.7 Å². The summed E-state index contributed by atoms with van der Waals surface area (Å²) in [4.78, 5) is 30.7. The van der Waals surface area contributed by atoms with Crippen LogP contribution in [0.1, 0.15) is 12.5 Å². The van der Waals surface area contributed by atoms with Gasteiger partial charge in [0.1, 0.15) is 5.75 Å². The Bertz CT molecular complexity index is 1440. The Labute approximate surface area is 205 Å². The van der Waals surface area contributed by atoms with Gasteiger partial charge < -0.3 is 19.5 Å². The Hall–Kier alpha value is -3.98. The Balaban J connectivity index is 1.37. The van der Waals surface area contributed by atoms with Gasteiger partial charge >= 0.3 is 0 Å². The Morgan fingerprint density at radius 2 is 1.89 bits per heavy atom. The van der Waals surface area contributed by atoms with Gasteiger partial charge in [0.25, 0.3) is 5.56 Å². The lowest BCUT2D eigenvalue weighted by molar-refractivity contribution is -0.113. The van der Waals surface area contributed by atoms with Crippen LogP contribution in [0.3, 0.4) is 0 Å². The first-order valence-electron chi connectivity index (χ1n) is 11.1. The molecule has 35 heavy (non-hydrogen) atoms. The van der Waals surface area contributed by atoms with Crippen LogP contribution < -0.4 is 25.1 Å². The van der Waals surface area contributed by atoms with Crippen molar-refractivity contribution in [2.45, 2.75) is 18.6 Å². The molecule has 5 rings (SSSR count). The number of para-hydroxylation sites is 1. The van der Waals surface area contributed by atoms with Gasteiger partial charge in [-0.1, -0.05) is 30.0 Å². The molecule has 0 bridgehead atoms. The van der Waals surface area contributed by atoms with Gasteiger partial charge in [-0.25, -0.2) is 4.98 Å². The van der Waals surface area contributed by atoms with Crippen molar-refractivity contribution in [1.82, 2.24) is 9.55 Å². The highest BCUT2D eigenvalue weighted by molar-refractivity contribution is 7.99. The molecule has 9 heteroatoms. The summed E-state index contributed by atoms with van der Waals surface area (Å²) in [5, 5.41) is 3.86.